The third kappa shape index (κ3) is 11.3. The van der Waals surface area contributed by atoms with Crippen molar-refractivity contribution in [1.82, 2.24) is 0 Å². The van der Waals surface area contributed by atoms with Crippen LogP contribution in [0.2, 0.25) is 0 Å². The van der Waals surface area contributed by atoms with Crippen molar-refractivity contribution in [2.45, 2.75) is 96.1 Å². The van der Waals surface area contributed by atoms with Gasteiger partial charge in [0.05, 0.1) is 18.4 Å². The minimum atomic E-state index is -0.805. The van der Waals surface area contributed by atoms with E-state index in [2.05, 4.69) is 6.92 Å². The van der Waals surface area contributed by atoms with Gasteiger partial charge in [-0.05, 0) is 12.8 Å². The summed E-state index contributed by atoms with van der Waals surface area (Å²) in [5, 5.41) is 20.6. The first-order chi connectivity index (χ1) is 16.8. The van der Waals surface area contributed by atoms with Crippen LogP contribution < -0.4 is 0 Å². The number of hydrogen-bond acceptors (Lipinski definition) is 3. The SMILES string of the molecule is CCCCCCCCCCCCC/C=C/[C@@H](O)[C@H](CO)N=C(c1ccccc1)c1ccccc1. The summed E-state index contributed by atoms with van der Waals surface area (Å²) in [7, 11) is 0. The van der Waals surface area contributed by atoms with Crippen molar-refractivity contribution >= 4 is 5.71 Å². The molecule has 3 nitrogen and oxygen atoms in total. The van der Waals surface area contributed by atoms with E-state index in [9.17, 15) is 10.2 Å². The van der Waals surface area contributed by atoms with Gasteiger partial charge in [-0.1, -0.05) is 144 Å². The number of rotatable bonds is 18. The average molecular weight is 464 g/mol. The molecule has 34 heavy (non-hydrogen) atoms. The molecule has 0 radical (unpaired) electrons. The zero-order valence-corrected chi connectivity index (χ0v) is 21.1. The number of aliphatic imine (C=N–C) groups is 1. The molecule has 0 aliphatic heterocycles. The van der Waals surface area contributed by atoms with Crippen molar-refractivity contribution < 1.29 is 10.2 Å². The lowest BCUT2D eigenvalue weighted by atomic mass is 10.0. The van der Waals surface area contributed by atoms with E-state index in [0.717, 1.165) is 29.7 Å². The summed E-state index contributed by atoms with van der Waals surface area (Å²) in [4.78, 5) is 4.78. The molecular weight excluding hydrogens is 418 g/mol. The Morgan fingerprint density at radius 2 is 1.21 bits per heavy atom. The quantitative estimate of drug-likeness (QED) is 0.137. The molecule has 0 heterocycles. The summed E-state index contributed by atoms with van der Waals surface area (Å²) in [6.45, 7) is 2.07. The lowest BCUT2D eigenvalue weighted by molar-refractivity contribution is 0.145. The van der Waals surface area contributed by atoms with Gasteiger partial charge in [0.15, 0.2) is 0 Å². The van der Waals surface area contributed by atoms with E-state index in [-0.39, 0.29) is 6.61 Å². The van der Waals surface area contributed by atoms with Crippen LogP contribution >= 0.6 is 0 Å². The Morgan fingerprint density at radius 3 is 1.68 bits per heavy atom. The number of nitrogens with zero attached hydrogens (tertiary/aromatic N) is 1. The van der Waals surface area contributed by atoms with Crippen LogP contribution in [0.4, 0.5) is 0 Å². The Balaban J connectivity index is 1.76. The highest BCUT2D eigenvalue weighted by Crippen LogP contribution is 2.15. The number of unbranched alkanes of at least 4 members (excludes halogenated alkanes) is 11. The topological polar surface area (TPSA) is 52.8 Å². The van der Waals surface area contributed by atoms with Crippen molar-refractivity contribution in [3.63, 3.8) is 0 Å². The van der Waals surface area contributed by atoms with Gasteiger partial charge in [0, 0.05) is 11.1 Å². The summed E-state index contributed by atoms with van der Waals surface area (Å²) in [5.41, 5.74) is 2.74. The number of benzene rings is 2. The predicted molar refractivity (Wildman–Crippen MR) is 146 cm³/mol. The molecule has 2 rings (SSSR count). The van der Waals surface area contributed by atoms with Crippen LogP contribution in [0, 0.1) is 0 Å². The zero-order chi connectivity index (χ0) is 24.3. The fraction of sp³-hybridized carbons (Fsp3) is 0.516. The van der Waals surface area contributed by atoms with E-state index in [1.165, 1.54) is 64.2 Å². The minimum absolute atomic E-state index is 0.201. The molecule has 0 bridgehead atoms. The zero-order valence-electron chi connectivity index (χ0n) is 21.1. The van der Waals surface area contributed by atoms with Gasteiger partial charge in [-0.3, -0.25) is 4.99 Å². The van der Waals surface area contributed by atoms with E-state index < -0.39 is 12.1 Å². The molecule has 0 amide bonds. The van der Waals surface area contributed by atoms with Crippen molar-refractivity contribution in [3.8, 4) is 0 Å². The van der Waals surface area contributed by atoms with Crippen LogP contribution in [0.15, 0.2) is 77.8 Å². The van der Waals surface area contributed by atoms with Crippen molar-refractivity contribution in [3.05, 3.63) is 83.9 Å². The third-order valence-electron chi connectivity index (χ3n) is 6.28. The molecule has 0 aliphatic carbocycles. The fourth-order valence-electron chi connectivity index (χ4n) is 4.19. The molecule has 0 saturated heterocycles. The van der Waals surface area contributed by atoms with Gasteiger partial charge >= 0.3 is 0 Å². The lowest BCUT2D eigenvalue weighted by Gasteiger charge is -2.17. The smallest absolute Gasteiger partial charge is 0.103 e. The van der Waals surface area contributed by atoms with Gasteiger partial charge in [-0.2, -0.15) is 0 Å². The molecule has 186 valence electrons. The summed E-state index contributed by atoms with van der Waals surface area (Å²) >= 11 is 0. The second kappa shape index (κ2) is 18.1. The number of aliphatic hydroxyl groups excluding tert-OH is 2. The number of hydrogen-bond donors (Lipinski definition) is 2. The first kappa shape index (κ1) is 28.0. The third-order valence-corrected chi connectivity index (χ3v) is 6.28. The maximum atomic E-state index is 10.7. The molecule has 0 fully saturated rings. The van der Waals surface area contributed by atoms with E-state index >= 15 is 0 Å². The van der Waals surface area contributed by atoms with Crippen LogP contribution in [0.5, 0.6) is 0 Å². The van der Waals surface area contributed by atoms with Crippen LogP contribution in [0.25, 0.3) is 0 Å². The van der Waals surface area contributed by atoms with Gasteiger partial charge in [0.2, 0.25) is 0 Å². The molecule has 2 aromatic rings. The van der Waals surface area contributed by atoms with E-state index in [1.807, 2.05) is 66.7 Å². The second-order valence-electron chi connectivity index (χ2n) is 9.20. The first-order valence-electron chi connectivity index (χ1n) is 13.4. The molecule has 2 aromatic carbocycles. The standard InChI is InChI=1S/C31H45NO2/c1-2-3-4-5-6-7-8-9-10-11-12-13-20-25-30(34)29(26-33)32-31(27-21-16-14-17-22-27)28-23-18-15-19-24-28/h14-25,29-30,33-34H,2-13,26H2,1H3/b25-20+/t29-,30+/m0/s1. The Morgan fingerprint density at radius 1 is 0.735 bits per heavy atom. The van der Waals surface area contributed by atoms with Gasteiger partial charge in [0.25, 0.3) is 0 Å². The van der Waals surface area contributed by atoms with Gasteiger partial charge in [-0.25, -0.2) is 0 Å². The Kier molecular flexibility index (Phi) is 14.9. The van der Waals surface area contributed by atoms with Gasteiger partial charge in [0.1, 0.15) is 6.04 Å². The second-order valence-corrected chi connectivity index (χ2v) is 9.20. The summed E-state index contributed by atoms with van der Waals surface area (Å²) < 4.78 is 0. The molecule has 0 aliphatic rings. The predicted octanol–water partition coefficient (Wildman–Crippen LogP) is 7.50. The van der Waals surface area contributed by atoms with Crippen LogP contribution in [0.3, 0.4) is 0 Å². The summed E-state index contributed by atoms with van der Waals surface area (Å²) in [5.74, 6) is 0. The lowest BCUT2D eigenvalue weighted by Crippen LogP contribution is -2.28. The largest absolute Gasteiger partial charge is 0.394 e. The van der Waals surface area contributed by atoms with E-state index in [1.54, 1.807) is 6.08 Å². The number of allylic oxidation sites excluding steroid dienone is 1. The van der Waals surface area contributed by atoms with Crippen LogP contribution in [0.1, 0.15) is 95.1 Å². The van der Waals surface area contributed by atoms with Crippen LogP contribution in [-0.4, -0.2) is 34.7 Å². The Labute approximate surface area is 207 Å². The number of aliphatic hydroxyl groups is 2. The van der Waals surface area contributed by atoms with E-state index in [4.69, 9.17) is 4.99 Å². The molecule has 3 heteroatoms. The Bertz CT molecular complexity index is 759. The minimum Gasteiger partial charge on any atom is -0.394 e. The molecule has 0 saturated carbocycles. The Hall–Kier alpha value is -2.23. The molecule has 0 unspecified atom stereocenters. The summed E-state index contributed by atoms with van der Waals surface area (Å²) in [6.07, 6.45) is 18.7. The highest BCUT2D eigenvalue weighted by molar-refractivity contribution is 6.13. The van der Waals surface area contributed by atoms with Crippen molar-refractivity contribution in [2.24, 2.45) is 4.99 Å². The normalized spacial score (nSPS) is 13.1. The molecule has 2 atom stereocenters. The van der Waals surface area contributed by atoms with Crippen molar-refractivity contribution in [2.75, 3.05) is 6.61 Å². The van der Waals surface area contributed by atoms with Crippen molar-refractivity contribution in [1.29, 1.82) is 0 Å². The summed E-state index contributed by atoms with van der Waals surface area (Å²) in [6, 6.07) is 19.3. The average Bonchev–Trinajstić information content (AvgIpc) is 2.88. The van der Waals surface area contributed by atoms with Gasteiger partial charge in [-0.15, -0.1) is 0 Å². The van der Waals surface area contributed by atoms with E-state index in [0.29, 0.717) is 0 Å². The highest BCUT2D eigenvalue weighted by Gasteiger charge is 2.17. The van der Waals surface area contributed by atoms with Crippen LogP contribution in [-0.2, 0) is 0 Å². The molecular formula is C31H45NO2. The molecule has 2 N–H and O–H groups in total. The fourth-order valence-corrected chi connectivity index (χ4v) is 4.19. The maximum Gasteiger partial charge on any atom is 0.103 e. The first-order valence-corrected chi connectivity index (χ1v) is 13.4. The van der Waals surface area contributed by atoms with Gasteiger partial charge < -0.3 is 10.2 Å². The monoisotopic (exact) mass is 463 g/mol. The molecule has 0 aromatic heterocycles. The highest BCUT2D eigenvalue weighted by atomic mass is 16.3. The maximum absolute atomic E-state index is 10.7. The molecule has 0 spiro atoms.